The van der Waals surface area contributed by atoms with Gasteiger partial charge in [-0.25, -0.2) is 4.98 Å². The molecule has 1 saturated carbocycles. The minimum absolute atomic E-state index is 0.00943. The Morgan fingerprint density at radius 3 is 2.96 bits per heavy atom. The number of aromatic nitrogens is 3. The molecule has 23 heavy (non-hydrogen) atoms. The van der Waals surface area contributed by atoms with Crippen molar-refractivity contribution in [3.63, 3.8) is 0 Å². The Morgan fingerprint density at radius 2 is 2.13 bits per heavy atom. The number of likely N-dealkylation sites (tertiary alicyclic amines) is 1. The minimum atomic E-state index is -0.00943. The van der Waals surface area contributed by atoms with Crippen LogP contribution in [0.3, 0.4) is 0 Å². The molecule has 122 valence electrons. The average molecular weight is 332 g/mol. The summed E-state index contributed by atoms with van der Waals surface area (Å²) >= 11 is 1.72. The maximum atomic E-state index is 6.26. The van der Waals surface area contributed by atoms with E-state index in [1.807, 2.05) is 11.6 Å². The van der Waals surface area contributed by atoms with Crippen molar-refractivity contribution in [2.75, 3.05) is 13.1 Å². The Labute approximate surface area is 138 Å². The fraction of sp³-hybridized carbons (Fsp3) is 0.688. The third-order valence-corrected chi connectivity index (χ3v) is 5.90. The van der Waals surface area contributed by atoms with Gasteiger partial charge < -0.3 is 9.15 Å². The van der Waals surface area contributed by atoms with Gasteiger partial charge in [0.15, 0.2) is 0 Å². The molecule has 0 aromatic carbocycles. The lowest BCUT2D eigenvalue weighted by atomic mass is 9.92. The molecule has 3 fully saturated rings. The molecule has 1 aliphatic carbocycles. The summed E-state index contributed by atoms with van der Waals surface area (Å²) in [7, 11) is 0. The summed E-state index contributed by atoms with van der Waals surface area (Å²) in [5, 5.41) is 11.6. The monoisotopic (exact) mass is 332 g/mol. The zero-order valence-corrected chi connectivity index (χ0v) is 13.7. The zero-order chi connectivity index (χ0) is 15.2. The highest BCUT2D eigenvalue weighted by atomic mass is 32.1. The Hall–Kier alpha value is -1.31. The van der Waals surface area contributed by atoms with E-state index >= 15 is 0 Å². The lowest BCUT2D eigenvalue weighted by Crippen LogP contribution is -2.41. The lowest BCUT2D eigenvalue weighted by Gasteiger charge is -2.33. The van der Waals surface area contributed by atoms with E-state index in [9.17, 15) is 0 Å². The van der Waals surface area contributed by atoms with Crippen LogP contribution < -0.4 is 0 Å². The van der Waals surface area contributed by atoms with Gasteiger partial charge in [-0.15, -0.1) is 21.5 Å². The van der Waals surface area contributed by atoms with E-state index in [2.05, 4.69) is 20.1 Å². The van der Waals surface area contributed by atoms with Crippen LogP contribution in [-0.4, -0.2) is 39.3 Å². The third kappa shape index (κ3) is 2.81. The van der Waals surface area contributed by atoms with Gasteiger partial charge in [-0.3, -0.25) is 4.90 Å². The summed E-state index contributed by atoms with van der Waals surface area (Å²) in [5.41, 5.74) is 0. The second-order valence-electron chi connectivity index (χ2n) is 6.86. The Balaban J connectivity index is 1.23. The number of ether oxygens (including phenoxy) is 1. The Bertz CT molecular complexity index is 669. The summed E-state index contributed by atoms with van der Waals surface area (Å²) in [6.45, 7) is 3.03. The van der Waals surface area contributed by atoms with Crippen molar-refractivity contribution < 1.29 is 9.15 Å². The molecule has 3 aliphatic rings. The number of fused-ring (bicyclic) bond motifs is 1. The van der Waals surface area contributed by atoms with Crippen LogP contribution in [0.2, 0.25) is 0 Å². The van der Waals surface area contributed by atoms with Gasteiger partial charge in [0.25, 0.3) is 0 Å². The van der Waals surface area contributed by atoms with Crippen LogP contribution in [0.5, 0.6) is 0 Å². The lowest BCUT2D eigenvalue weighted by molar-refractivity contribution is -0.0177. The van der Waals surface area contributed by atoms with E-state index in [4.69, 9.17) is 9.15 Å². The van der Waals surface area contributed by atoms with Gasteiger partial charge in [-0.05, 0) is 38.1 Å². The van der Waals surface area contributed by atoms with Crippen molar-refractivity contribution in [1.29, 1.82) is 0 Å². The first-order valence-corrected chi connectivity index (χ1v) is 9.32. The number of piperidine rings is 1. The quantitative estimate of drug-likeness (QED) is 0.858. The van der Waals surface area contributed by atoms with Crippen molar-refractivity contribution >= 4 is 11.3 Å². The summed E-state index contributed by atoms with van der Waals surface area (Å²) in [6.07, 6.45) is 6.71. The van der Waals surface area contributed by atoms with Crippen LogP contribution in [0.1, 0.15) is 54.5 Å². The van der Waals surface area contributed by atoms with E-state index in [1.54, 1.807) is 11.3 Å². The van der Waals surface area contributed by atoms with E-state index in [-0.39, 0.29) is 12.2 Å². The molecule has 3 atom stereocenters. The molecule has 0 spiro atoms. The smallest absolute Gasteiger partial charge is 0.245 e. The highest BCUT2D eigenvalue weighted by Crippen LogP contribution is 2.43. The van der Waals surface area contributed by atoms with Crippen LogP contribution in [0.4, 0.5) is 0 Å². The number of thiazole rings is 1. The van der Waals surface area contributed by atoms with Gasteiger partial charge in [0.05, 0.1) is 12.6 Å². The molecule has 0 amide bonds. The van der Waals surface area contributed by atoms with Gasteiger partial charge in [0.2, 0.25) is 11.8 Å². The fourth-order valence-electron chi connectivity index (χ4n) is 3.69. The molecule has 2 aromatic heterocycles. The molecule has 2 aromatic rings. The SMILES string of the molecule is c1csc(CN2CC[C@H]3C[C@@H](c4nnc(C5CC5)o4)O[C@@H]3C2)n1. The Kier molecular flexibility index (Phi) is 3.45. The zero-order valence-electron chi connectivity index (χ0n) is 12.9. The van der Waals surface area contributed by atoms with Gasteiger partial charge in [0, 0.05) is 24.0 Å². The van der Waals surface area contributed by atoms with Crippen molar-refractivity contribution in [1.82, 2.24) is 20.1 Å². The highest BCUT2D eigenvalue weighted by Gasteiger charge is 2.42. The molecular formula is C16H20N4O2S. The summed E-state index contributed by atoms with van der Waals surface area (Å²) < 4.78 is 12.1. The molecule has 0 radical (unpaired) electrons. The second-order valence-corrected chi connectivity index (χ2v) is 7.84. The highest BCUT2D eigenvalue weighted by molar-refractivity contribution is 7.09. The van der Waals surface area contributed by atoms with Crippen molar-refractivity contribution in [3.05, 3.63) is 28.4 Å². The largest absolute Gasteiger partial charge is 0.422 e. The van der Waals surface area contributed by atoms with Crippen molar-refractivity contribution in [2.45, 2.75) is 50.4 Å². The summed E-state index contributed by atoms with van der Waals surface area (Å²) in [6, 6.07) is 0. The van der Waals surface area contributed by atoms with Crippen LogP contribution in [-0.2, 0) is 11.3 Å². The molecular weight excluding hydrogens is 312 g/mol. The topological polar surface area (TPSA) is 64.3 Å². The number of rotatable bonds is 4. The summed E-state index contributed by atoms with van der Waals surface area (Å²) in [4.78, 5) is 6.84. The first-order chi connectivity index (χ1) is 11.3. The third-order valence-electron chi connectivity index (χ3n) is 5.14. The predicted molar refractivity (Wildman–Crippen MR) is 84.0 cm³/mol. The molecule has 5 rings (SSSR count). The van der Waals surface area contributed by atoms with Gasteiger partial charge >= 0.3 is 0 Å². The maximum Gasteiger partial charge on any atom is 0.245 e. The molecule has 4 heterocycles. The van der Waals surface area contributed by atoms with Crippen LogP contribution >= 0.6 is 11.3 Å². The van der Waals surface area contributed by atoms with Crippen LogP contribution in [0.15, 0.2) is 16.0 Å². The van der Waals surface area contributed by atoms with E-state index in [1.165, 1.54) is 24.3 Å². The van der Waals surface area contributed by atoms with E-state index in [0.29, 0.717) is 17.7 Å². The van der Waals surface area contributed by atoms with E-state index < -0.39 is 0 Å². The van der Waals surface area contributed by atoms with Gasteiger partial charge in [-0.2, -0.15) is 0 Å². The maximum absolute atomic E-state index is 6.26. The van der Waals surface area contributed by atoms with Crippen LogP contribution in [0.25, 0.3) is 0 Å². The first-order valence-electron chi connectivity index (χ1n) is 8.44. The number of hydrogen-bond donors (Lipinski definition) is 0. The van der Waals surface area contributed by atoms with Gasteiger partial charge in [0.1, 0.15) is 11.1 Å². The minimum Gasteiger partial charge on any atom is -0.422 e. The number of hydrogen-bond acceptors (Lipinski definition) is 7. The van der Waals surface area contributed by atoms with Crippen LogP contribution in [0, 0.1) is 5.92 Å². The predicted octanol–water partition coefficient (Wildman–Crippen LogP) is 2.76. The molecule has 0 unspecified atom stereocenters. The van der Waals surface area contributed by atoms with E-state index in [0.717, 1.165) is 31.9 Å². The molecule has 2 saturated heterocycles. The normalized spacial score (nSPS) is 31.4. The van der Waals surface area contributed by atoms with Crippen molar-refractivity contribution in [2.24, 2.45) is 5.92 Å². The van der Waals surface area contributed by atoms with Gasteiger partial charge in [-0.1, -0.05) is 0 Å². The van der Waals surface area contributed by atoms with Crippen molar-refractivity contribution in [3.8, 4) is 0 Å². The molecule has 0 N–H and O–H groups in total. The summed E-state index contributed by atoms with van der Waals surface area (Å²) in [5.74, 6) is 2.62. The molecule has 2 aliphatic heterocycles. The molecule has 0 bridgehead atoms. The molecule has 7 heteroatoms. The molecule has 6 nitrogen and oxygen atoms in total. The average Bonchev–Trinajstić information content (AvgIpc) is 2.99. The first kappa shape index (κ1) is 14.1. The fourth-order valence-corrected chi connectivity index (χ4v) is 4.35. The number of nitrogens with zero attached hydrogens (tertiary/aromatic N) is 4. The standard InChI is InChI=1S/C16H20N4O2S/c1-2-10(1)15-18-19-16(22-15)12-7-11-3-5-20(8-13(11)21-12)9-14-17-4-6-23-14/h4,6,10-13H,1-3,5,7-9H2/t11-,12-,13+/m0/s1. The Morgan fingerprint density at radius 1 is 1.22 bits per heavy atom. The second kappa shape index (κ2) is 5.65.